The van der Waals surface area contributed by atoms with Crippen LogP contribution in [0.3, 0.4) is 0 Å². The van der Waals surface area contributed by atoms with Crippen LogP contribution < -0.4 is 0 Å². The SMILES string of the molecule is CC(C)(C)OC(Cc1ccc(-c2ccc(C(=O)O)cc2)cc1)(C(=O)O)c1cscn1. The molecular formula is C23H23NO5S. The van der Waals surface area contributed by atoms with Gasteiger partial charge in [-0.2, -0.15) is 0 Å². The first kappa shape index (κ1) is 21.7. The second-order valence-corrected chi connectivity index (χ2v) is 8.70. The predicted molar refractivity (Wildman–Crippen MR) is 115 cm³/mol. The third kappa shape index (κ3) is 4.75. The van der Waals surface area contributed by atoms with Crippen molar-refractivity contribution in [3.05, 3.63) is 76.2 Å². The van der Waals surface area contributed by atoms with Crippen molar-refractivity contribution in [3.63, 3.8) is 0 Å². The Morgan fingerprint density at radius 3 is 1.97 bits per heavy atom. The van der Waals surface area contributed by atoms with E-state index in [-0.39, 0.29) is 12.0 Å². The first-order chi connectivity index (χ1) is 14.1. The number of carboxylic acid groups (broad SMARTS) is 2. The van der Waals surface area contributed by atoms with Gasteiger partial charge in [-0.1, -0.05) is 36.4 Å². The monoisotopic (exact) mass is 425 g/mol. The fourth-order valence-corrected chi connectivity index (χ4v) is 3.87. The molecule has 0 saturated carbocycles. The van der Waals surface area contributed by atoms with Crippen LogP contribution in [0, 0.1) is 0 Å². The second-order valence-electron chi connectivity index (χ2n) is 7.98. The molecule has 30 heavy (non-hydrogen) atoms. The van der Waals surface area contributed by atoms with E-state index in [1.165, 1.54) is 11.3 Å². The average Bonchev–Trinajstić information content (AvgIpc) is 3.22. The molecule has 6 nitrogen and oxygen atoms in total. The zero-order valence-corrected chi connectivity index (χ0v) is 17.8. The van der Waals surface area contributed by atoms with Crippen molar-refractivity contribution in [3.8, 4) is 11.1 Å². The lowest BCUT2D eigenvalue weighted by Crippen LogP contribution is -2.46. The molecule has 2 aromatic carbocycles. The number of thiazole rings is 1. The molecule has 0 bridgehead atoms. The van der Waals surface area contributed by atoms with Crippen LogP contribution in [0.15, 0.2) is 59.4 Å². The maximum absolute atomic E-state index is 12.4. The lowest BCUT2D eigenvalue weighted by atomic mass is 9.89. The summed E-state index contributed by atoms with van der Waals surface area (Å²) in [6.45, 7) is 5.46. The molecule has 0 aliphatic carbocycles. The van der Waals surface area contributed by atoms with Crippen molar-refractivity contribution in [1.29, 1.82) is 0 Å². The molecule has 0 spiro atoms. The smallest absolute Gasteiger partial charge is 0.342 e. The molecule has 0 aliphatic rings. The molecular weight excluding hydrogens is 402 g/mol. The fourth-order valence-electron chi connectivity index (χ4n) is 3.25. The van der Waals surface area contributed by atoms with Gasteiger partial charge in [0, 0.05) is 11.8 Å². The standard InChI is InChI=1S/C23H23NO5S/c1-22(2,3)29-23(21(27)28,19-13-30-14-24-19)12-15-4-6-16(7-5-15)17-8-10-18(11-9-17)20(25)26/h4-11,13-14H,12H2,1-3H3,(H,25,26)(H,27,28). The zero-order chi connectivity index (χ0) is 21.9. The Balaban J connectivity index is 1.92. The minimum Gasteiger partial charge on any atom is -0.479 e. The molecule has 7 heteroatoms. The summed E-state index contributed by atoms with van der Waals surface area (Å²) in [7, 11) is 0. The van der Waals surface area contributed by atoms with Crippen LogP contribution in [-0.2, 0) is 21.6 Å². The van der Waals surface area contributed by atoms with E-state index >= 15 is 0 Å². The summed E-state index contributed by atoms with van der Waals surface area (Å²) in [5, 5.41) is 20.9. The van der Waals surface area contributed by atoms with Crippen molar-refractivity contribution in [2.45, 2.75) is 38.4 Å². The molecule has 2 N–H and O–H groups in total. The molecule has 0 aliphatic heterocycles. The maximum Gasteiger partial charge on any atom is 0.342 e. The molecule has 0 radical (unpaired) electrons. The van der Waals surface area contributed by atoms with Gasteiger partial charge in [-0.25, -0.2) is 14.6 Å². The Kier molecular flexibility index (Phi) is 6.05. The normalized spacial score (nSPS) is 13.6. The van der Waals surface area contributed by atoms with E-state index < -0.39 is 23.1 Å². The highest BCUT2D eigenvalue weighted by Crippen LogP contribution is 2.35. The summed E-state index contributed by atoms with van der Waals surface area (Å²) in [6, 6.07) is 14.1. The van der Waals surface area contributed by atoms with E-state index in [9.17, 15) is 14.7 Å². The molecule has 3 rings (SSSR count). The van der Waals surface area contributed by atoms with Crippen molar-refractivity contribution in [1.82, 2.24) is 4.98 Å². The number of ether oxygens (including phenoxy) is 1. The highest BCUT2D eigenvalue weighted by Gasteiger charge is 2.46. The quantitative estimate of drug-likeness (QED) is 0.562. The number of benzene rings is 2. The van der Waals surface area contributed by atoms with E-state index in [1.54, 1.807) is 35.2 Å². The third-order valence-corrected chi connectivity index (χ3v) is 5.13. The Hall–Kier alpha value is -3.03. The molecule has 1 atom stereocenters. The highest BCUT2D eigenvalue weighted by molar-refractivity contribution is 7.07. The van der Waals surface area contributed by atoms with Crippen molar-refractivity contribution in [2.24, 2.45) is 0 Å². The van der Waals surface area contributed by atoms with Gasteiger partial charge in [-0.15, -0.1) is 11.3 Å². The largest absolute Gasteiger partial charge is 0.479 e. The summed E-state index contributed by atoms with van der Waals surface area (Å²) in [4.78, 5) is 27.6. The van der Waals surface area contributed by atoms with Crippen LogP contribution in [0.1, 0.15) is 42.4 Å². The number of carboxylic acids is 2. The number of aromatic nitrogens is 1. The minimum absolute atomic E-state index is 0.127. The van der Waals surface area contributed by atoms with Gasteiger partial charge in [0.1, 0.15) is 0 Å². The van der Waals surface area contributed by atoms with E-state index in [0.29, 0.717) is 5.69 Å². The van der Waals surface area contributed by atoms with Gasteiger partial charge in [0.15, 0.2) is 0 Å². The van der Waals surface area contributed by atoms with Crippen LogP contribution in [0.2, 0.25) is 0 Å². The molecule has 3 aromatic rings. The second kappa shape index (κ2) is 8.38. The molecule has 1 aromatic heterocycles. The van der Waals surface area contributed by atoms with Crippen molar-refractivity contribution >= 4 is 23.3 Å². The molecule has 0 saturated heterocycles. The third-order valence-electron chi connectivity index (χ3n) is 4.54. The molecule has 0 amide bonds. The molecule has 1 unspecified atom stereocenters. The fraction of sp³-hybridized carbons (Fsp3) is 0.261. The number of hydrogen-bond donors (Lipinski definition) is 2. The van der Waals surface area contributed by atoms with Gasteiger partial charge in [0.2, 0.25) is 5.60 Å². The summed E-state index contributed by atoms with van der Waals surface area (Å²) in [6.07, 6.45) is 0.127. The first-order valence-corrected chi connectivity index (χ1v) is 10.3. The summed E-state index contributed by atoms with van der Waals surface area (Å²) in [5.74, 6) is -2.06. The van der Waals surface area contributed by atoms with Gasteiger partial charge in [0.05, 0.1) is 22.4 Å². The number of aliphatic carboxylic acids is 1. The topological polar surface area (TPSA) is 96.7 Å². The molecule has 0 fully saturated rings. The summed E-state index contributed by atoms with van der Waals surface area (Å²) < 4.78 is 6.07. The first-order valence-electron chi connectivity index (χ1n) is 9.36. The van der Waals surface area contributed by atoms with E-state index in [0.717, 1.165) is 16.7 Å². The predicted octanol–water partition coefficient (Wildman–Crippen LogP) is 4.85. The van der Waals surface area contributed by atoms with Crippen LogP contribution in [0.5, 0.6) is 0 Å². The van der Waals surface area contributed by atoms with Gasteiger partial charge in [-0.3, -0.25) is 0 Å². The van der Waals surface area contributed by atoms with E-state index in [1.807, 2.05) is 45.0 Å². The van der Waals surface area contributed by atoms with Crippen molar-refractivity contribution < 1.29 is 24.5 Å². The van der Waals surface area contributed by atoms with Crippen LogP contribution in [0.4, 0.5) is 0 Å². The van der Waals surface area contributed by atoms with E-state index in [2.05, 4.69) is 4.98 Å². The molecule has 156 valence electrons. The minimum atomic E-state index is -1.59. The highest BCUT2D eigenvalue weighted by atomic mass is 32.1. The number of rotatable bonds is 7. The number of nitrogens with zero attached hydrogens (tertiary/aromatic N) is 1. The number of aromatic carboxylic acids is 1. The Labute approximate surface area is 178 Å². The molecule has 1 heterocycles. The zero-order valence-electron chi connectivity index (χ0n) is 17.0. The Morgan fingerprint density at radius 2 is 1.53 bits per heavy atom. The van der Waals surface area contributed by atoms with Crippen LogP contribution in [-0.4, -0.2) is 32.7 Å². The lowest BCUT2D eigenvalue weighted by Gasteiger charge is -2.35. The van der Waals surface area contributed by atoms with Gasteiger partial charge >= 0.3 is 11.9 Å². The maximum atomic E-state index is 12.4. The summed E-state index contributed by atoms with van der Waals surface area (Å²) in [5.41, 5.74) is 2.50. The number of carbonyl (C=O) groups is 2. The van der Waals surface area contributed by atoms with Crippen LogP contribution in [0.25, 0.3) is 11.1 Å². The number of hydrogen-bond acceptors (Lipinski definition) is 5. The van der Waals surface area contributed by atoms with Crippen molar-refractivity contribution in [2.75, 3.05) is 0 Å². The lowest BCUT2D eigenvalue weighted by molar-refractivity contribution is -0.188. The summed E-state index contributed by atoms with van der Waals surface area (Å²) >= 11 is 1.33. The van der Waals surface area contributed by atoms with Gasteiger partial charge in [-0.05, 0) is 49.6 Å². The Morgan fingerprint density at radius 1 is 0.967 bits per heavy atom. The Bertz CT molecular complexity index is 1020. The van der Waals surface area contributed by atoms with Gasteiger partial charge in [0.25, 0.3) is 0 Å². The van der Waals surface area contributed by atoms with Gasteiger partial charge < -0.3 is 14.9 Å². The van der Waals surface area contributed by atoms with E-state index in [4.69, 9.17) is 9.84 Å². The average molecular weight is 426 g/mol. The van der Waals surface area contributed by atoms with Crippen LogP contribution >= 0.6 is 11.3 Å².